The van der Waals surface area contributed by atoms with Gasteiger partial charge >= 0.3 is 18.0 Å². The summed E-state index contributed by atoms with van der Waals surface area (Å²) >= 11 is 0. The van der Waals surface area contributed by atoms with Gasteiger partial charge in [0.25, 0.3) is 0 Å². The maximum absolute atomic E-state index is 12.9. The second kappa shape index (κ2) is 25.5. The summed E-state index contributed by atoms with van der Waals surface area (Å²) in [7, 11) is 0. The van der Waals surface area contributed by atoms with Crippen LogP contribution in [0.3, 0.4) is 0 Å². The Morgan fingerprint density at radius 1 is 0.580 bits per heavy atom. The predicted molar refractivity (Wildman–Crippen MR) is 196 cm³/mol. The zero-order valence-corrected chi connectivity index (χ0v) is 31.9. The first-order valence-electron chi connectivity index (χ1n) is 18.9. The minimum Gasteiger partial charge on any atom is -0.461 e. The number of unbranched alkanes of at least 4 members (excludes halogenated alkanes) is 13. The minimum absolute atomic E-state index is 0.0441. The second-order valence-electron chi connectivity index (χ2n) is 15.1. The van der Waals surface area contributed by atoms with Crippen LogP contribution in [-0.4, -0.2) is 59.0 Å². The van der Waals surface area contributed by atoms with Crippen LogP contribution in [0.1, 0.15) is 163 Å². The number of rotatable bonds is 25. The monoisotopic (exact) mass is 702 g/mol. The number of carbonyl (C=O) groups excluding carboxylic acids is 5. The number of nitrogens with zero attached hydrogens (tertiary/aromatic N) is 1. The molecule has 10 heteroatoms. The first-order chi connectivity index (χ1) is 23.7. The summed E-state index contributed by atoms with van der Waals surface area (Å²) in [4.78, 5) is 63.0. The maximum atomic E-state index is 12.9. The normalized spacial score (nSPS) is 11.5. The summed E-state index contributed by atoms with van der Waals surface area (Å²) < 4.78 is 16.0. The van der Waals surface area contributed by atoms with Gasteiger partial charge in [-0.2, -0.15) is 0 Å². The summed E-state index contributed by atoms with van der Waals surface area (Å²) in [6, 6.07) is 9.23. The molecular weight excluding hydrogens is 636 g/mol. The van der Waals surface area contributed by atoms with Crippen LogP contribution in [0, 0.1) is 0 Å². The summed E-state index contributed by atoms with van der Waals surface area (Å²) in [5.41, 5.74) is -0.379. The van der Waals surface area contributed by atoms with Gasteiger partial charge in [-0.1, -0.05) is 107 Å². The van der Waals surface area contributed by atoms with Gasteiger partial charge in [0.05, 0.1) is 6.42 Å². The smallest absolute Gasteiger partial charge is 0.417 e. The van der Waals surface area contributed by atoms with Crippen molar-refractivity contribution >= 4 is 29.8 Å². The highest BCUT2D eigenvalue weighted by Crippen LogP contribution is 2.16. The largest absolute Gasteiger partial charge is 0.461 e. The number of carbonyl (C=O) groups is 5. The third-order valence-electron chi connectivity index (χ3n) is 7.81. The van der Waals surface area contributed by atoms with Crippen LogP contribution < -0.4 is 5.32 Å². The van der Waals surface area contributed by atoms with E-state index in [4.69, 9.17) is 14.2 Å². The molecule has 0 radical (unpaired) electrons. The van der Waals surface area contributed by atoms with E-state index in [1.165, 1.54) is 57.8 Å². The first-order valence-corrected chi connectivity index (χ1v) is 18.9. The Balaban J connectivity index is 2.13. The third-order valence-corrected chi connectivity index (χ3v) is 7.81. The minimum atomic E-state index is -0.836. The highest BCUT2D eigenvalue weighted by molar-refractivity contribution is 5.94. The lowest BCUT2D eigenvalue weighted by Gasteiger charge is -2.26. The van der Waals surface area contributed by atoms with Gasteiger partial charge in [0, 0.05) is 32.4 Å². The lowest BCUT2D eigenvalue weighted by atomic mass is 10.0. The number of benzene rings is 1. The fraction of sp³-hybridized carbons (Fsp3) is 0.725. The Bertz CT molecular complexity index is 1120. The average Bonchev–Trinajstić information content (AvgIpc) is 3.03. The molecule has 0 heterocycles. The molecule has 0 aliphatic rings. The standard InChI is InChI=1S/C40H66N2O8/c1-39(2,3)49-37(46)26-22-17-15-13-11-9-7-8-10-12-14-16-18-23-30-41-34(43)29-31-42(38(47)50-40(4,5)6)35(44)27-28-36(45)48-32-33-24-20-19-21-25-33/h19-21,24-25H,7-18,22-23,26-32H2,1-6H3,(H,41,43). The predicted octanol–water partition coefficient (Wildman–Crippen LogP) is 8.97. The number of esters is 2. The quantitative estimate of drug-likeness (QED) is 0.0608. The number of amides is 3. The summed E-state index contributed by atoms with van der Waals surface area (Å²) in [5.74, 6) is -1.47. The lowest BCUT2D eigenvalue weighted by Crippen LogP contribution is -2.43. The molecule has 0 atom stereocenters. The van der Waals surface area contributed by atoms with E-state index in [9.17, 15) is 24.0 Å². The van der Waals surface area contributed by atoms with Crippen LogP contribution in [0.25, 0.3) is 0 Å². The lowest BCUT2D eigenvalue weighted by molar-refractivity contribution is -0.155. The molecule has 0 aliphatic heterocycles. The van der Waals surface area contributed by atoms with Gasteiger partial charge in [-0.05, 0) is 59.9 Å². The Labute approximate surface area is 301 Å². The number of imide groups is 1. The van der Waals surface area contributed by atoms with Crippen LogP contribution >= 0.6 is 0 Å². The molecule has 0 spiro atoms. The molecule has 0 saturated heterocycles. The van der Waals surface area contributed by atoms with Crippen molar-refractivity contribution in [2.24, 2.45) is 0 Å². The molecule has 284 valence electrons. The van der Waals surface area contributed by atoms with Crippen molar-refractivity contribution in [2.75, 3.05) is 13.1 Å². The summed E-state index contributed by atoms with van der Waals surface area (Å²) in [6.45, 7) is 11.3. The van der Waals surface area contributed by atoms with Crippen molar-refractivity contribution in [3.05, 3.63) is 35.9 Å². The zero-order valence-electron chi connectivity index (χ0n) is 31.9. The Morgan fingerprint density at radius 3 is 1.60 bits per heavy atom. The molecule has 1 rings (SSSR count). The molecule has 50 heavy (non-hydrogen) atoms. The Hall–Kier alpha value is -3.43. The number of hydrogen-bond acceptors (Lipinski definition) is 8. The second-order valence-corrected chi connectivity index (χ2v) is 15.1. The van der Waals surface area contributed by atoms with E-state index >= 15 is 0 Å². The first kappa shape index (κ1) is 44.6. The number of nitrogens with one attached hydrogen (secondary N) is 1. The molecule has 1 aromatic rings. The van der Waals surface area contributed by atoms with Crippen molar-refractivity contribution < 1.29 is 38.2 Å². The van der Waals surface area contributed by atoms with E-state index in [1.807, 2.05) is 51.1 Å². The summed E-state index contributed by atoms with van der Waals surface area (Å²) in [6.07, 6.45) is 15.5. The van der Waals surface area contributed by atoms with E-state index in [0.717, 1.165) is 42.6 Å². The molecule has 10 nitrogen and oxygen atoms in total. The average molecular weight is 703 g/mol. The fourth-order valence-corrected chi connectivity index (χ4v) is 5.23. The molecule has 0 saturated carbocycles. The Morgan fingerprint density at radius 2 is 1.08 bits per heavy atom. The van der Waals surface area contributed by atoms with Crippen LogP contribution in [0.15, 0.2) is 30.3 Å². The van der Waals surface area contributed by atoms with Gasteiger partial charge in [0.1, 0.15) is 17.8 Å². The van der Waals surface area contributed by atoms with E-state index in [2.05, 4.69) is 5.32 Å². The number of hydrogen-bond donors (Lipinski definition) is 1. The van der Waals surface area contributed by atoms with E-state index in [1.54, 1.807) is 20.8 Å². The van der Waals surface area contributed by atoms with E-state index < -0.39 is 29.2 Å². The highest BCUT2D eigenvalue weighted by Gasteiger charge is 2.28. The van der Waals surface area contributed by atoms with Gasteiger partial charge in [0.15, 0.2) is 0 Å². The van der Waals surface area contributed by atoms with Gasteiger partial charge in [-0.15, -0.1) is 0 Å². The maximum Gasteiger partial charge on any atom is 0.417 e. The summed E-state index contributed by atoms with van der Waals surface area (Å²) in [5, 5.41) is 2.88. The SMILES string of the molecule is CC(C)(C)OC(=O)CCCCCCCCCCCCCCCCNC(=O)CCN(C(=O)CCC(=O)OCc1ccccc1)C(=O)OC(C)(C)C. The molecule has 0 bridgehead atoms. The molecule has 1 N–H and O–H groups in total. The van der Waals surface area contributed by atoms with Crippen LogP contribution in [0.5, 0.6) is 0 Å². The van der Waals surface area contributed by atoms with Crippen LogP contribution in [0.4, 0.5) is 4.79 Å². The van der Waals surface area contributed by atoms with Gasteiger partial charge < -0.3 is 19.5 Å². The van der Waals surface area contributed by atoms with Crippen molar-refractivity contribution in [3.8, 4) is 0 Å². The molecule has 0 aromatic heterocycles. The molecule has 3 amide bonds. The van der Waals surface area contributed by atoms with Crippen molar-refractivity contribution in [1.82, 2.24) is 10.2 Å². The van der Waals surface area contributed by atoms with Crippen LogP contribution in [0.2, 0.25) is 0 Å². The topological polar surface area (TPSA) is 128 Å². The number of ether oxygens (including phenoxy) is 3. The van der Waals surface area contributed by atoms with Gasteiger partial charge in [-0.3, -0.25) is 19.2 Å². The molecular formula is C40H66N2O8. The van der Waals surface area contributed by atoms with Crippen LogP contribution in [-0.2, 0) is 40.0 Å². The van der Waals surface area contributed by atoms with E-state index in [0.29, 0.717) is 13.0 Å². The zero-order chi connectivity index (χ0) is 37.3. The molecule has 0 unspecified atom stereocenters. The Kier molecular flexibility index (Phi) is 22.8. The van der Waals surface area contributed by atoms with Gasteiger partial charge in [0.2, 0.25) is 11.8 Å². The van der Waals surface area contributed by atoms with Crippen molar-refractivity contribution in [1.29, 1.82) is 0 Å². The fourth-order valence-electron chi connectivity index (χ4n) is 5.23. The molecule has 0 aliphatic carbocycles. The van der Waals surface area contributed by atoms with Crippen molar-refractivity contribution in [2.45, 2.75) is 175 Å². The third kappa shape index (κ3) is 25.5. The molecule has 0 fully saturated rings. The highest BCUT2D eigenvalue weighted by atomic mass is 16.6. The molecule has 1 aromatic carbocycles. The van der Waals surface area contributed by atoms with Gasteiger partial charge in [-0.25, -0.2) is 9.69 Å². The van der Waals surface area contributed by atoms with Crippen molar-refractivity contribution in [3.63, 3.8) is 0 Å². The van der Waals surface area contributed by atoms with E-state index in [-0.39, 0.29) is 44.3 Å².